The van der Waals surface area contributed by atoms with E-state index in [4.69, 9.17) is 0 Å². The number of likely N-dealkylation sites (tertiary alicyclic amines) is 1. The summed E-state index contributed by atoms with van der Waals surface area (Å²) in [5, 5.41) is 5.07. The van der Waals surface area contributed by atoms with E-state index < -0.39 is 35.3 Å². The molecule has 12 heteroatoms. The number of rotatable bonds is 7. The number of pyridine rings is 1. The molecule has 33 heavy (non-hydrogen) atoms. The Morgan fingerprint density at radius 2 is 1.82 bits per heavy atom. The summed E-state index contributed by atoms with van der Waals surface area (Å²) in [5.41, 5.74) is -1.46. The zero-order chi connectivity index (χ0) is 24.2. The van der Waals surface area contributed by atoms with Crippen molar-refractivity contribution in [1.29, 1.82) is 0 Å². The van der Waals surface area contributed by atoms with Crippen LogP contribution in [0.4, 0.5) is 32.2 Å². The number of hydrogen-bond acceptors (Lipinski definition) is 4. The first-order chi connectivity index (χ1) is 15.4. The summed E-state index contributed by atoms with van der Waals surface area (Å²) in [4.78, 5) is 29.5. The van der Waals surface area contributed by atoms with Crippen LogP contribution in [0.5, 0.6) is 0 Å². The normalized spacial score (nSPS) is 16.7. The van der Waals surface area contributed by atoms with E-state index in [1.165, 1.54) is 23.2 Å². The van der Waals surface area contributed by atoms with Gasteiger partial charge in [-0.25, -0.2) is 4.98 Å². The fraction of sp³-hybridized carbons (Fsp3) is 0.381. The third-order valence-electron chi connectivity index (χ3n) is 5.04. The first-order valence-corrected chi connectivity index (χ1v) is 9.93. The van der Waals surface area contributed by atoms with Crippen molar-refractivity contribution in [3.63, 3.8) is 0 Å². The van der Waals surface area contributed by atoms with E-state index in [-0.39, 0.29) is 44.3 Å². The third-order valence-corrected chi connectivity index (χ3v) is 5.04. The van der Waals surface area contributed by atoms with Crippen LogP contribution in [0.25, 0.3) is 0 Å². The van der Waals surface area contributed by atoms with E-state index in [1.807, 2.05) is 0 Å². The van der Waals surface area contributed by atoms with Gasteiger partial charge in [0, 0.05) is 38.8 Å². The minimum atomic E-state index is -4.58. The van der Waals surface area contributed by atoms with Crippen molar-refractivity contribution < 1.29 is 35.9 Å². The maximum absolute atomic E-state index is 13.0. The highest BCUT2D eigenvalue weighted by Crippen LogP contribution is 2.33. The fourth-order valence-corrected chi connectivity index (χ4v) is 3.45. The molecule has 1 fully saturated rings. The predicted octanol–water partition coefficient (Wildman–Crippen LogP) is 3.70. The van der Waals surface area contributed by atoms with Crippen molar-refractivity contribution in [2.24, 2.45) is 5.92 Å². The predicted molar refractivity (Wildman–Crippen MR) is 106 cm³/mol. The summed E-state index contributed by atoms with van der Waals surface area (Å²) in [5.74, 6) is -1.89. The van der Waals surface area contributed by atoms with Gasteiger partial charge in [0.1, 0.15) is 5.82 Å². The molecule has 1 atom stereocenters. The summed E-state index contributed by atoms with van der Waals surface area (Å²) in [7, 11) is 0. The number of alkyl halides is 6. The van der Waals surface area contributed by atoms with Crippen LogP contribution in [0.2, 0.25) is 0 Å². The molecule has 1 aromatic carbocycles. The topological polar surface area (TPSA) is 74.3 Å². The average molecular weight is 474 g/mol. The maximum atomic E-state index is 13.0. The molecule has 0 spiro atoms. The molecule has 1 saturated heterocycles. The number of amides is 2. The number of nitrogens with zero attached hydrogens (tertiary/aromatic N) is 2. The number of halogens is 6. The molecule has 1 aromatic heterocycles. The molecule has 0 radical (unpaired) electrons. The molecule has 2 heterocycles. The first-order valence-electron chi connectivity index (χ1n) is 9.93. The van der Waals surface area contributed by atoms with Crippen LogP contribution in [0.3, 0.4) is 0 Å². The number of nitrogens with one attached hydrogen (secondary N) is 2. The molecule has 2 N–H and O–H groups in total. The fourth-order valence-electron chi connectivity index (χ4n) is 3.45. The second-order valence-corrected chi connectivity index (χ2v) is 7.49. The average Bonchev–Trinajstić information content (AvgIpc) is 3.10. The van der Waals surface area contributed by atoms with Gasteiger partial charge in [-0.2, -0.15) is 26.3 Å². The number of hydrogen-bond donors (Lipinski definition) is 2. The zero-order valence-electron chi connectivity index (χ0n) is 17.1. The molecule has 6 nitrogen and oxygen atoms in total. The molecular formula is C21H20F6N4O2. The largest absolute Gasteiger partial charge is 0.419 e. The SMILES string of the molecule is O=C(NCCNc1ncccc1C(F)(F)F)C1CC(=O)N(Cc2cccc(C(F)(F)F)c2)C1. The summed E-state index contributed by atoms with van der Waals surface area (Å²) in [6.45, 7) is -0.0632. The molecular weight excluding hydrogens is 454 g/mol. The Hall–Kier alpha value is -3.31. The monoisotopic (exact) mass is 474 g/mol. The van der Waals surface area contributed by atoms with Gasteiger partial charge in [-0.1, -0.05) is 12.1 Å². The van der Waals surface area contributed by atoms with Crippen LogP contribution in [0.1, 0.15) is 23.1 Å². The van der Waals surface area contributed by atoms with Crippen LogP contribution >= 0.6 is 0 Å². The highest BCUT2D eigenvalue weighted by Gasteiger charge is 2.36. The second kappa shape index (κ2) is 9.67. The van der Waals surface area contributed by atoms with E-state index in [2.05, 4.69) is 15.6 Å². The van der Waals surface area contributed by atoms with Crippen LogP contribution in [0.15, 0.2) is 42.6 Å². The molecule has 178 valence electrons. The van der Waals surface area contributed by atoms with Gasteiger partial charge in [0.15, 0.2) is 0 Å². The number of aromatic nitrogens is 1. The third kappa shape index (κ3) is 6.36. The molecule has 2 aromatic rings. The maximum Gasteiger partial charge on any atom is 0.419 e. The van der Waals surface area contributed by atoms with Gasteiger partial charge >= 0.3 is 12.4 Å². The van der Waals surface area contributed by atoms with Crippen molar-refractivity contribution in [3.8, 4) is 0 Å². The minimum absolute atomic E-state index is 0.00891. The van der Waals surface area contributed by atoms with Gasteiger partial charge in [-0.15, -0.1) is 0 Å². The molecule has 1 unspecified atom stereocenters. The minimum Gasteiger partial charge on any atom is -0.368 e. The molecule has 0 saturated carbocycles. The lowest BCUT2D eigenvalue weighted by Gasteiger charge is -2.18. The van der Waals surface area contributed by atoms with Crippen LogP contribution < -0.4 is 10.6 Å². The lowest BCUT2D eigenvalue weighted by molar-refractivity contribution is -0.138. The Morgan fingerprint density at radius 1 is 1.06 bits per heavy atom. The first kappa shape index (κ1) is 24.3. The summed E-state index contributed by atoms with van der Waals surface area (Å²) < 4.78 is 77.5. The van der Waals surface area contributed by atoms with Gasteiger partial charge in [0.05, 0.1) is 17.0 Å². The Labute approximate surface area is 185 Å². The smallest absolute Gasteiger partial charge is 0.368 e. The molecule has 0 aliphatic carbocycles. The standard InChI is InChI=1S/C21H20F6N4O2/c22-20(23,24)15-4-1-3-13(9-15)11-31-12-14(10-17(31)32)19(33)30-8-7-29-18-16(21(25,26)27)5-2-6-28-18/h1-6,9,14H,7-8,10-12H2,(H,28,29)(H,30,33). The summed E-state index contributed by atoms with van der Waals surface area (Å²) in [6, 6.07) is 6.66. The zero-order valence-corrected chi connectivity index (χ0v) is 17.1. The molecule has 1 aliphatic rings. The summed E-state index contributed by atoms with van der Waals surface area (Å²) in [6.07, 6.45) is -7.97. The van der Waals surface area contributed by atoms with Crippen molar-refractivity contribution >= 4 is 17.6 Å². The number of benzene rings is 1. The summed E-state index contributed by atoms with van der Waals surface area (Å²) >= 11 is 0. The van der Waals surface area contributed by atoms with E-state index in [1.54, 1.807) is 0 Å². The van der Waals surface area contributed by atoms with Crippen molar-refractivity contribution in [1.82, 2.24) is 15.2 Å². The van der Waals surface area contributed by atoms with E-state index in [0.717, 1.165) is 24.3 Å². The van der Waals surface area contributed by atoms with Crippen molar-refractivity contribution in [3.05, 3.63) is 59.3 Å². The van der Waals surface area contributed by atoms with Crippen molar-refractivity contribution in [2.45, 2.75) is 25.3 Å². The van der Waals surface area contributed by atoms with Gasteiger partial charge in [0.2, 0.25) is 11.8 Å². The Balaban J connectivity index is 1.49. The number of anilines is 1. The Bertz CT molecular complexity index is 1010. The van der Waals surface area contributed by atoms with Gasteiger partial charge in [-0.05, 0) is 29.8 Å². The highest BCUT2D eigenvalue weighted by molar-refractivity contribution is 5.89. The quantitative estimate of drug-likeness (QED) is 0.474. The van der Waals surface area contributed by atoms with Crippen LogP contribution in [-0.4, -0.2) is 41.3 Å². The van der Waals surface area contributed by atoms with E-state index in [0.29, 0.717) is 5.56 Å². The second-order valence-electron chi connectivity index (χ2n) is 7.49. The lowest BCUT2D eigenvalue weighted by atomic mass is 10.1. The van der Waals surface area contributed by atoms with Crippen LogP contribution in [-0.2, 0) is 28.5 Å². The number of carbonyl (C=O) groups excluding carboxylic acids is 2. The van der Waals surface area contributed by atoms with Gasteiger partial charge in [0.25, 0.3) is 0 Å². The Morgan fingerprint density at radius 3 is 2.52 bits per heavy atom. The lowest BCUT2D eigenvalue weighted by Crippen LogP contribution is -2.35. The van der Waals surface area contributed by atoms with E-state index >= 15 is 0 Å². The molecule has 0 bridgehead atoms. The van der Waals surface area contributed by atoms with Gasteiger partial charge in [-0.3, -0.25) is 9.59 Å². The number of carbonyl (C=O) groups is 2. The van der Waals surface area contributed by atoms with Crippen LogP contribution in [0, 0.1) is 5.92 Å². The highest BCUT2D eigenvalue weighted by atomic mass is 19.4. The Kier molecular flexibility index (Phi) is 7.13. The molecule has 3 rings (SSSR count). The van der Waals surface area contributed by atoms with E-state index in [9.17, 15) is 35.9 Å². The molecule has 1 aliphatic heterocycles. The van der Waals surface area contributed by atoms with Gasteiger partial charge < -0.3 is 15.5 Å². The molecule has 2 amide bonds. The van der Waals surface area contributed by atoms with Crippen molar-refractivity contribution in [2.75, 3.05) is 25.0 Å².